The summed E-state index contributed by atoms with van der Waals surface area (Å²) >= 11 is 4.76. The van der Waals surface area contributed by atoms with E-state index in [1.54, 1.807) is 4.57 Å². The van der Waals surface area contributed by atoms with Gasteiger partial charge in [0.25, 0.3) is 0 Å². The molecule has 0 fully saturated rings. The highest BCUT2D eigenvalue weighted by Crippen LogP contribution is 2.22. The summed E-state index contributed by atoms with van der Waals surface area (Å²) in [5.41, 5.74) is 0.624. The first-order valence-electron chi connectivity index (χ1n) is 3.35. The number of hydrogen-bond donors (Lipinski definition) is 0. The van der Waals surface area contributed by atoms with Crippen LogP contribution in [0.1, 0.15) is 17.4 Å². The molecule has 0 bridgehead atoms. The number of imidazole rings is 1. The van der Waals surface area contributed by atoms with E-state index in [1.165, 1.54) is 18.7 Å². The second kappa shape index (κ2) is 3.62. The van der Waals surface area contributed by atoms with Gasteiger partial charge >= 0.3 is 0 Å². The Morgan fingerprint density at radius 1 is 1.67 bits per heavy atom. The van der Waals surface area contributed by atoms with Crippen LogP contribution in [0.25, 0.3) is 0 Å². The highest BCUT2D eigenvalue weighted by Gasteiger charge is 2.14. The van der Waals surface area contributed by atoms with Crippen LogP contribution in [0.4, 0.5) is 0 Å². The Morgan fingerprint density at radius 3 is 2.50 bits per heavy atom. The predicted molar refractivity (Wildman–Crippen MR) is 52.7 cm³/mol. The minimum absolute atomic E-state index is 0.0252. The molecule has 0 radical (unpaired) electrons. The van der Waals surface area contributed by atoms with E-state index in [0.29, 0.717) is 10.3 Å². The zero-order chi connectivity index (χ0) is 9.30. The molecule has 1 heterocycles. The molecule has 0 aliphatic rings. The molecule has 0 aliphatic heterocycles. The molecule has 0 N–H and O–H groups in total. The standard InChI is InChI=1S/C7H9BrN2OS/c1-4(11)5-6(8)9-7(12-3)10(5)2/h1-3H3. The molecule has 1 aromatic rings. The second-order valence-corrected chi connectivity index (χ2v) is 3.88. The topological polar surface area (TPSA) is 34.9 Å². The van der Waals surface area contributed by atoms with Crippen LogP contribution in [0.2, 0.25) is 0 Å². The third kappa shape index (κ3) is 1.56. The molecule has 12 heavy (non-hydrogen) atoms. The van der Waals surface area contributed by atoms with Crippen LogP contribution in [-0.4, -0.2) is 21.6 Å². The Balaban J connectivity index is 3.28. The lowest BCUT2D eigenvalue weighted by atomic mass is 10.3. The molecular formula is C7H9BrN2OS. The van der Waals surface area contributed by atoms with Crippen molar-refractivity contribution < 1.29 is 4.79 Å². The minimum Gasteiger partial charge on any atom is -0.319 e. The largest absolute Gasteiger partial charge is 0.319 e. The van der Waals surface area contributed by atoms with Crippen molar-refractivity contribution in [1.82, 2.24) is 9.55 Å². The molecule has 0 aromatic carbocycles. The van der Waals surface area contributed by atoms with Crippen molar-refractivity contribution in [2.75, 3.05) is 6.26 Å². The highest BCUT2D eigenvalue weighted by atomic mass is 79.9. The number of aromatic nitrogens is 2. The fraction of sp³-hybridized carbons (Fsp3) is 0.429. The van der Waals surface area contributed by atoms with Crippen LogP contribution in [-0.2, 0) is 7.05 Å². The number of ketones is 1. The summed E-state index contributed by atoms with van der Waals surface area (Å²) < 4.78 is 2.42. The van der Waals surface area contributed by atoms with E-state index in [-0.39, 0.29) is 5.78 Å². The lowest BCUT2D eigenvalue weighted by Crippen LogP contribution is -2.02. The molecule has 0 spiro atoms. The average molecular weight is 249 g/mol. The summed E-state index contributed by atoms with van der Waals surface area (Å²) in [4.78, 5) is 15.3. The first-order valence-corrected chi connectivity index (χ1v) is 5.36. The molecule has 0 aliphatic carbocycles. The minimum atomic E-state index is 0.0252. The predicted octanol–water partition coefficient (Wildman–Crippen LogP) is 2.11. The number of hydrogen-bond acceptors (Lipinski definition) is 3. The van der Waals surface area contributed by atoms with Gasteiger partial charge in [0.15, 0.2) is 10.9 Å². The van der Waals surface area contributed by atoms with Gasteiger partial charge in [-0.2, -0.15) is 0 Å². The van der Waals surface area contributed by atoms with Crippen molar-refractivity contribution in [1.29, 1.82) is 0 Å². The molecule has 0 saturated heterocycles. The van der Waals surface area contributed by atoms with E-state index < -0.39 is 0 Å². The summed E-state index contributed by atoms with van der Waals surface area (Å²) in [6.07, 6.45) is 1.93. The van der Waals surface area contributed by atoms with Crippen LogP contribution < -0.4 is 0 Å². The van der Waals surface area contributed by atoms with Crippen LogP contribution in [0.5, 0.6) is 0 Å². The Labute approximate surface area is 83.7 Å². The quantitative estimate of drug-likeness (QED) is 0.594. The van der Waals surface area contributed by atoms with Crippen molar-refractivity contribution in [3.05, 3.63) is 10.3 Å². The van der Waals surface area contributed by atoms with Gasteiger partial charge in [-0.3, -0.25) is 4.79 Å². The monoisotopic (exact) mass is 248 g/mol. The van der Waals surface area contributed by atoms with E-state index >= 15 is 0 Å². The van der Waals surface area contributed by atoms with E-state index in [1.807, 2.05) is 13.3 Å². The molecule has 0 unspecified atom stereocenters. The maximum Gasteiger partial charge on any atom is 0.178 e. The van der Waals surface area contributed by atoms with Crippen LogP contribution in [0, 0.1) is 0 Å². The lowest BCUT2D eigenvalue weighted by molar-refractivity contribution is 0.100. The SMILES string of the molecule is CSc1nc(Br)c(C(C)=O)n1C. The maximum absolute atomic E-state index is 11.1. The Kier molecular flexibility index (Phi) is 2.95. The molecule has 0 amide bonds. The van der Waals surface area contributed by atoms with Gasteiger partial charge in [0.1, 0.15) is 10.3 Å². The summed E-state index contributed by atoms with van der Waals surface area (Å²) in [5, 5.41) is 0.840. The zero-order valence-corrected chi connectivity index (χ0v) is 9.49. The summed E-state index contributed by atoms with van der Waals surface area (Å²) in [5.74, 6) is 0.0252. The highest BCUT2D eigenvalue weighted by molar-refractivity contribution is 9.10. The number of carbonyl (C=O) groups excluding carboxylic acids is 1. The maximum atomic E-state index is 11.1. The lowest BCUT2D eigenvalue weighted by Gasteiger charge is -1.99. The number of carbonyl (C=O) groups is 1. The molecule has 5 heteroatoms. The van der Waals surface area contributed by atoms with Crippen molar-refractivity contribution in [3.63, 3.8) is 0 Å². The van der Waals surface area contributed by atoms with E-state index in [0.717, 1.165) is 5.16 Å². The van der Waals surface area contributed by atoms with E-state index in [4.69, 9.17) is 0 Å². The van der Waals surface area contributed by atoms with Crippen LogP contribution in [0.3, 0.4) is 0 Å². The van der Waals surface area contributed by atoms with Gasteiger partial charge < -0.3 is 4.57 Å². The van der Waals surface area contributed by atoms with Gasteiger partial charge in [0.2, 0.25) is 0 Å². The van der Waals surface area contributed by atoms with Crippen LogP contribution in [0.15, 0.2) is 9.76 Å². The number of nitrogens with zero attached hydrogens (tertiary/aromatic N) is 2. The number of halogens is 1. The normalized spacial score (nSPS) is 10.3. The molecular weight excluding hydrogens is 240 g/mol. The van der Waals surface area contributed by atoms with Gasteiger partial charge in [0.05, 0.1) is 0 Å². The zero-order valence-electron chi connectivity index (χ0n) is 7.09. The van der Waals surface area contributed by atoms with Gasteiger partial charge in [-0.05, 0) is 22.2 Å². The fourth-order valence-electron chi connectivity index (χ4n) is 1.01. The fourth-order valence-corrected chi connectivity index (χ4v) is 2.39. The van der Waals surface area contributed by atoms with Crippen LogP contribution >= 0.6 is 27.7 Å². The average Bonchev–Trinajstić information content (AvgIpc) is 2.25. The molecule has 0 atom stereocenters. The second-order valence-electron chi connectivity index (χ2n) is 2.35. The van der Waals surface area contributed by atoms with Crippen molar-refractivity contribution in [3.8, 4) is 0 Å². The smallest absolute Gasteiger partial charge is 0.178 e. The molecule has 3 nitrogen and oxygen atoms in total. The molecule has 1 rings (SSSR count). The first kappa shape index (κ1) is 9.80. The Bertz CT molecular complexity index is 321. The summed E-state index contributed by atoms with van der Waals surface area (Å²) in [6, 6.07) is 0. The van der Waals surface area contributed by atoms with Gasteiger partial charge in [-0.1, -0.05) is 11.8 Å². The number of Topliss-reactive ketones (excluding diaryl/α,β-unsaturated/α-hetero) is 1. The summed E-state index contributed by atoms with van der Waals surface area (Å²) in [7, 11) is 1.83. The third-order valence-corrected chi connectivity index (χ3v) is 2.81. The Hall–Kier alpha value is -0.290. The molecule has 0 saturated carbocycles. The van der Waals surface area contributed by atoms with E-state index in [2.05, 4.69) is 20.9 Å². The van der Waals surface area contributed by atoms with Crippen molar-refractivity contribution in [2.45, 2.75) is 12.1 Å². The molecule has 66 valence electrons. The Morgan fingerprint density at radius 2 is 2.25 bits per heavy atom. The van der Waals surface area contributed by atoms with Crippen molar-refractivity contribution in [2.24, 2.45) is 7.05 Å². The van der Waals surface area contributed by atoms with Gasteiger partial charge in [0, 0.05) is 14.0 Å². The van der Waals surface area contributed by atoms with Gasteiger partial charge in [-0.25, -0.2) is 4.98 Å². The third-order valence-electron chi connectivity index (χ3n) is 1.53. The van der Waals surface area contributed by atoms with Crippen molar-refractivity contribution >= 4 is 33.5 Å². The molecule has 1 aromatic heterocycles. The number of rotatable bonds is 2. The number of thioether (sulfide) groups is 1. The van der Waals surface area contributed by atoms with Gasteiger partial charge in [-0.15, -0.1) is 0 Å². The van der Waals surface area contributed by atoms with E-state index in [9.17, 15) is 4.79 Å². The first-order chi connectivity index (χ1) is 5.57. The summed E-state index contributed by atoms with van der Waals surface area (Å²) in [6.45, 7) is 1.53.